The van der Waals surface area contributed by atoms with E-state index in [-0.39, 0.29) is 6.04 Å². The molecule has 0 aromatic carbocycles. The number of likely N-dealkylation sites (N-methyl/N-ethyl adjacent to an activating group) is 1. The van der Waals surface area contributed by atoms with Gasteiger partial charge in [0, 0.05) is 12.6 Å². The summed E-state index contributed by atoms with van der Waals surface area (Å²) in [6.45, 7) is 6.13. The SMILES string of the molecule is CCNC1CCN(C2CC2C)C1=O. The number of hydrogen-bond donors (Lipinski definition) is 1. The maximum Gasteiger partial charge on any atom is 0.240 e. The number of carbonyl (C=O) groups is 1. The molecule has 1 aliphatic carbocycles. The van der Waals surface area contributed by atoms with Gasteiger partial charge >= 0.3 is 0 Å². The van der Waals surface area contributed by atoms with Gasteiger partial charge in [0.05, 0.1) is 6.04 Å². The predicted octanol–water partition coefficient (Wildman–Crippen LogP) is 0.605. The molecule has 1 saturated carbocycles. The van der Waals surface area contributed by atoms with Crippen molar-refractivity contribution in [3.05, 3.63) is 0 Å². The van der Waals surface area contributed by atoms with Crippen molar-refractivity contribution in [2.75, 3.05) is 13.1 Å². The number of rotatable bonds is 3. The Morgan fingerprint density at radius 1 is 1.62 bits per heavy atom. The number of hydrogen-bond acceptors (Lipinski definition) is 2. The second kappa shape index (κ2) is 3.29. The Hall–Kier alpha value is -0.570. The summed E-state index contributed by atoms with van der Waals surface area (Å²) in [5.74, 6) is 1.07. The highest BCUT2D eigenvalue weighted by atomic mass is 16.2. The van der Waals surface area contributed by atoms with Crippen LogP contribution in [0.4, 0.5) is 0 Å². The minimum absolute atomic E-state index is 0.109. The number of likely N-dealkylation sites (tertiary alicyclic amines) is 1. The van der Waals surface area contributed by atoms with Crippen molar-refractivity contribution < 1.29 is 4.79 Å². The van der Waals surface area contributed by atoms with Crippen molar-refractivity contribution >= 4 is 5.91 Å². The van der Waals surface area contributed by atoms with E-state index in [1.54, 1.807) is 0 Å². The summed E-state index contributed by atoms with van der Waals surface area (Å²) in [6.07, 6.45) is 2.21. The summed E-state index contributed by atoms with van der Waals surface area (Å²) in [5.41, 5.74) is 0. The summed E-state index contributed by atoms with van der Waals surface area (Å²) in [7, 11) is 0. The molecule has 1 saturated heterocycles. The van der Waals surface area contributed by atoms with Crippen LogP contribution in [0.25, 0.3) is 0 Å². The smallest absolute Gasteiger partial charge is 0.240 e. The first kappa shape index (κ1) is 9.00. The van der Waals surface area contributed by atoms with Gasteiger partial charge in [-0.1, -0.05) is 13.8 Å². The fourth-order valence-electron chi connectivity index (χ4n) is 2.20. The molecule has 1 N–H and O–H groups in total. The van der Waals surface area contributed by atoms with Crippen molar-refractivity contribution in [3.8, 4) is 0 Å². The normalized spacial score (nSPS) is 38.5. The van der Waals surface area contributed by atoms with E-state index in [0.717, 1.165) is 25.4 Å². The molecule has 13 heavy (non-hydrogen) atoms. The van der Waals surface area contributed by atoms with Gasteiger partial charge in [-0.3, -0.25) is 4.79 Å². The average Bonchev–Trinajstić information content (AvgIpc) is 2.70. The summed E-state index contributed by atoms with van der Waals surface area (Å²) in [4.78, 5) is 13.9. The van der Waals surface area contributed by atoms with E-state index < -0.39 is 0 Å². The molecule has 0 radical (unpaired) electrons. The van der Waals surface area contributed by atoms with Crippen LogP contribution in [-0.4, -0.2) is 36.0 Å². The van der Waals surface area contributed by atoms with Crippen LogP contribution in [0.1, 0.15) is 26.7 Å². The topological polar surface area (TPSA) is 32.3 Å². The van der Waals surface area contributed by atoms with E-state index in [2.05, 4.69) is 24.1 Å². The monoisotopic (exact) mass is 182 g/mol. The lowest BCUT2D eigenvalue weighted by atomic mass is 10.2. The van der Waals surface area contributed by atoms with E-state index in [1.165, 1.54) is 6.42 Å². The zero-order chi connectivity index (χ0) is 9.42. The molecule has 2 fully saturated rings. The zero-order valence-electron chi connectivity index (χ0n) is 8.42. The number of carbonyl (C=O) groups excluding carboxylic acids is 1. The third-order valence-electron chi connectivity index (χ3n) is 3.16. The van der Waals surface area contributed by atoms with Gasteiger partial charge in [0.1, 0.15) is 0 Å². The van der Waals surface area contributed by atoms with Crippen LogP contribution in [0.3, 0.4) is 0 Å². The number of nitrogens with one attached hydrogen (secondary N) is 1. The highest BCUT2D eigenvalue weighted by Gasteiger charge is 2.44. The molecule has 0 aromatic heterocycles. The van der Waals surface area contributed by atoms with Gasteiger partial charge in [0.15, 0.2) is 0 Å². The van der Waals surface area contributed by atoms with Crippen LogP contribution in [0.2, 0.25) is 0 Å². The first-order valence-corrected chi connectivity index (χ1v) is 5.28. The van der Waals surface area contributed by atoms with E-state index in [1.807, 2.05) is 0 Å². The third-order valence-corrected chi connectivity index (χ3v) is 3.16. The Bertz CT molecular complexity index is 217. The Labute approximate surface area is 79.5 Å². The summed E-state index contributed by atoms with van der Waals surface area (Å²) in [5, 5.41) is 3.23. The largest absolute Gasteiger partial charge is 0.338 e. The van der Waals surface area contributed by atoms with Crippen LogP contribution in [0.5, 0.6) is 0 Å². The van der Waals surface area contributed by atoms with Gasteiger partial charge in [-0.05, 0) is 25.3 Å². The lowest BCUT2D eigenvalue weighted by Crippen LogP contribution is -2.39. The van der Waals surface area contributed by atoms with Gasteiger partial charge in [-0.15, -0.1) is 0 Å². The van der Waals surface area contributed by atoms with E-state index in [9.17, 15) is 4.79 Å². The van der Waals surface area contributed by atoms with Crippen LogP contribution in [0, 0.1) is 5.92 Å². The van der Waals surface area contributed by atoms with Crippen molar-refractivity contribution in [2.45, 2.75) is 38.8 Å². The van der Waals surface area contributed by atoms with Crippen molar-refractivity contribution in [1.82, 2.24) is 10.2 Å². The van der Waals surface area contributed by atoms with E-state index in [4.69, 9.17) is 0 Å². The lowest BCUT2D eigenvalue weighted by Gasteiger charge is -2.16. The summed E-state index contributed by atoms with van der Waals surface area (Å²) >= 11 is 0. The second-order valence-corrected chi connectivity index (χ2v) is 4.21. The van der Waals surface area contributed by atoms with E-state index >= 15 is 0 Å². The Morgan fingerprint density at radius 2 is 2.31 bits per heavy atom. The van der Waals surface area contributed by atoms with Gasteiger partial charge in [-0.2, -0.15) is 0 Å². The molecule has 2 aliphatic rings. The first-order chi connectivity index (χ1) is 6.24. The van der Waals surface area contributed by atoms with Crippen LogP contribution >= 0.6 is 0 Å². The van der Waals surface area contributed by atoms with Gasteiger partial charge < -0.3 is 10.2 Å². The first-order valence-electron chi connectivity index (χ1n) is 5.28. The Balaban J connectivity index is 1.91. The fourth-order valence-corrected chi connectivity index (χ4v) is 2.20. The standard InChI is InChI=1S/C10H18N2O/c1-3-11-8-4-5-12(10(8)13)9-6-7(9)2/h7-9,11H,3-6H2,1-2H3. The van der Waals surface area contributed by atoms with Crippen molar-refractivity contribution in [3.63, 3.8) is 0 Å². The predicted molar refractivity (Wildman–Crippen MR) is 51.4 cm³/mol. The molecule has 1 heterocycles. The maximum absolute atomic E-state index is 11.8. The molecule has 1 aliphatic heterocycles. The van der Waals surface area contributed by atoms with Crippen LogP contribution in [-0.2, 0) is 4.79 Å². The summed E-state index contributed by atoms with van der Waals surface area (Å²) in [6, 6.07) is 0.675. The zero-order valence-corrected chi connectivity index (χ0v) is 8.42. The van der Waals surface area contributed by atoms with Gasteiger partial charge in [0.25, 0.3) is 0 Å². The molecule has 3 nitrogen and oxygen atoms in total. The van der Waals surface area contributed by atoms with Gasteiger partial charge in [0.2, 0.25) is 5.91 Å². The Kier molecular flexibility index (Phi) is 2.28. The quantitative estimate of drug-likeness (QED) is 0.693. The maximum atomic E-state index is 11.8. The number of nitrogens with zero attached hydrogens (tertiary/aromatic N) is 1. The van der Waals surface area contributed by atoms with Crippen molar-refractivity contribution in [1.29, 1.82) is 0 Å². The molecule has 3 unspecified atom stereocenters. The second-order valence-electron chi connectivity index (χ2n) is 4.21. The fraction of sp³-hybridized carbons (Fsp3) is 0.900. The molecular weight excluding hydrogens is 164 g/mol. The van der Waals surface area contributed by atoms with Crippen LogP contribution in [0.15, 0.2) is 0 Å². The lowest BCUT2D eigenvalue weighted by molar-refractivity contribution is -0.130. The minimum Gasteiger partial charge on any atom is -0.338 e. The number of amides is 1. The summed E-state index contributed by atoms with van der Waals surface area (Å²) < 4.78 is 0. The molecule has 3 heteroatoms. The van der Waals surface area contributed by atoms with E-state index in [0.29, 0.717) is 11.9 Å². The molecular formula is C10H18N2O. The highest BCUT2D eigenvalue weighted by molar-refractivity contribution is 5.84. The Morgan fingerprint density at radius 3 is 2.85 bits per heavy atom. The molecule has 1 amide bonds. The molecule has 3 atom stereocenters. The molecule has 0 aromatic rings. The third kappa shape index (κ3) is 1.57. The molecule has 0 bridgehead atoms. The van der Waals surface area contributed by atoms with Gasteiger partial charge in [-0.25, -0.2) is 0 Å². The molecule has 2 rings (SSSR count). The highest BCUT2D eigenvalue weighted by Crippen LogP contribution is 2.37. The molecule has 0 spiro atoms. The van der Waals surface area contributed by atoms with Crippen molar-refractivity contribution in [2.24, 2.45) is 5.92 Å². The molecule has 74 valence electrons. The average molecular weight is 182 g/mol. The minimum atomic E-state index is 0.109. The van der Waals surface area contributed by atoms with Crippen LogP contribution < -0.4 is 5.32 Å².